The van der Waals surface area contributed by atoms with Gasteiger partial charge in [-0.15, -0.1) is 0 Å². The number of nitrogens with zero attached hydrogens (tertiary/aromatic N) is 2. The summed E-state index contributed by atoms with van der Waals surface area (Å²) >= 11 is 0. The van der Waals surface area contributed by atoms with E-state index >= 15 is 0 Å². The van der Waals surface area contributed by atoms with Crippen LogP contribution in [0, 0.1) is 0 Å². The van der Waals surface area contributed by atoms with E-state index in [0.29, 0.717) is 41.6 Å². The summed E-state index contributed by atoms with van der Waals surface area (Å²) in [5.74, 6) is 1.90. The van der Waals surface area contributed by atoms with Gasteiger partial charge in [-0.25, -0.2) is 8.42 Å². The summed E-state index contributed by atoms with van der Waals surface area (Å²) in [6.45, 7) is 2.38. The van der Waals surface area contributed by atoms with Crippen molar-refractivity contribution < 1.29 is 22.6 Å². The van der Waals surface area contributed by atoms with Crippen LogP contribution < -0.4 is 14.2 Å². The molecular weight excluding hydrogens is 380 g/mol. The van der Waals surface area contributed by atoms with E-state index in [1.807, 2.05) is 31.2 Å². The molecule has 1 atom stereocenters. The van der Waals surface area contributed by atoms with Crippen LogP contribution in [0.25, 0.3) is 0 Å². The van der Waals surface area contributed by atoms with Gasteiger partial charge >= 0.3 is 0 Å². The second kappa shape index (κ2) is 8.10. The minimum absolute atomic E-state index is 0.390. The van der Waals surface area contributed by atoms with Crippen LogP contribution in [-0.4, -0.2) is 45.6 Å². The van der Waals surface area contributed by atoms with E-state index < -0.39 is 16.1 Å². The fourth-order valence-corrected chi connectivity index (χ4v) is 4.17. The summed E-state index contributed by atoms with van der Waals surface area (Å²) in [7, 11) is -0.448. The number of hydrogen-bond acceptors (Lipinski definition) is 6. The molecule has 0 amide bonds. The summed E-state index contributed by atoms with van der Waals surface area (Å²) in [5.41, 5.74) is 2.08. The molecule has 1 aliphatic heterocycles. The van der Waals surface area contributed by atoms with Gasteiger partial charge in [0.2, 0.25) is 10.0 Å². The zero-order valence-electron chi connectivity index (χ0n) is 16.4. The highest BCUT2D eigenvalue weighted by atomic mass is 32.2. The van der Waals surface area contributed by atoms with Crippen molar-refractivity contribution in [2.24, 2.45) is 5.10 Å². The van der Waals surface area contributed by atoms with Gasteiger partial charge in [0.25, 0.3) is 0 Å². The molecule has 0 radical (unpaired) electrons. The number of hydrogen-bond donors (Lipinski definition) is 0. The zero-order chi connectivity index (χ0) is 20.3. The van der Waals surface area contributed by atoms with Crippen molar-refractivity contribution in [3.63, 3.8) is 0 Å². The average Bonchev–Trinajstić information content (AvgIpc) is 3.14. The van der Waals surface area contributed by atoms with E-state index in [2.05, 4.69) is 5.10 Å². The first kappa shape index (κ1) is 20.0. The van der Waals surface area contributed by atoms with Gasteiger partial charge in [-0.3, -0.25) is 0 Å². The van der Waals surface area contributed by atoms with E-state index in [-0.39, 0.29) is 0 Å². The molecule has 1 heterocycles. The van der Waals surface area contributed by atoms with Gasteiger partial charge in [-0.2, -0.15) is 9.52 Å². The molecule has 3 rings (SSSR count). The van der Waals surface area contributed by atoms with E-state index in [4.69, 9.17) is 14.2 Å². The van der Waals surface area contributed by atoms with Crippen molar-refractivity contribution in [1.29, 1.82) is 0 Å². The quantitative estimate of drug-likeness (QED) is 0.708. The van der Waals surface area contributed by atoms with Gasteiger partial charge in [-0.05, 0) is 31.2 Å². The molecule has 0 spiro atoms. The van der Waals surface area contributed by atoms with Gasteiger partial charge in [-0.1, -0.05) is 18.2 Å². The van der Waals surface area contributed by atoms with Crippen molar-refractivity contribution in [3.05, 3.63) is 53.6 Å². The molecule has 2 aromatic carbocycles. The van der Waals surface area contributed by atoms with Crippen LogP contribution in [0.2, 0.25) is 0 Å². The van der Waals surface area contributed by atoms with Gasteiger partial charge in [0.15, 0.2) is 0 Å². The van der Waals surface area contributed by atoms with Crippen molar-refractivity contribution >= 4 is 15.7 Å². The van der Waals surface area contributed by atoms with Crippen molar-refractivity contribution in [3.8, 4) is 17.2 Å². The predicted octanol–water partition coefficient (Wildman–Crippen LogP) is 3.21. The van der Waals surface area contributed by atoms with Crippen LogP contribution in [-0.2, 0) is 10.0 Å². The van der Waals surface area contributed by atoms with Crippen LogP contribution in [0.1, 0.15) is 30.5 Å². The Kier molecular flexibility index (Phi) is 5.79. The minimum Gasteiger partial charge on any atom is -0.497 e. The largest absolute Gasteiger partial charge is 0.497 e. The van der Waals surface area contributed by atoms with Crippen LogP contribution in [0.15, 0.2) is 47.6 Å². The number of benzene rings is 2. The molecule has 28 heavy (non-hydrogen) atoms. The number of methoxy groups -OCH3 is 2. The molecule has 0 saturated carbocycles. The maximum Gasteiger partial charge on any atom is 0.247 e. The highest BCUT2D eigenvalue weighted by Gasteiger charge is 2.37. The van der Waals surface area contributed by atoms with E-state index in [1.54, 1.807) is 32.4 Å². The lowest BCUT2D eigenvalue weighted by Crippen LogP contribution is -2.26. The average molecular weight is 404 g/mol. The van der Waals surface area contributed by atoms with Crippen LogP contribution in [0.3, 0.4) is 0 Å². The number of rotatable bonds is 7. The molecule has 0 bridgehead atoms. The first-order chi connectivity index (χ1) is 13.4. The fourth-order valence-electron chi connectivity index (χ4n) is 3.27. The number of ether oxygens (including phenoxy) is 3. The van der Waals surface area contributed by atoms with Gasteiger partial charge in [0.05, 0.1) is 38.8 Å². The topological polar surface area (TPSA) is 77.4 Å². The third-order valence-electron chi connectivity index (χ3n) is 4.51. The van der Waals surface area contributed by atoms with Crippen LogP contribution >= 0.6 is 0 Å². The Labute approximate surface area is 165 Å². The molecule has 0 aliphatic carbocycles. The SMILES string of the molecule is CCOc1ccccc1C1CC(c2cc(OC)ccc2OC)=NN1S(C)(=O)=O. The summed E-state index contributed by atoms with van der Waals surface area (Å²) in [6.07, 6.45) is 1.54. The molecular formula is C20H24N2O5S. The normalized spacial score (nSPS) is 16.6. The Morgan fingerprint density at radius 1 is 1.11 bits per heavy atom. The predicted molar refractivity (Wildman–Crippen MR) is 108 cm³/mol. The molecule has 1 unspecified atom stereocenters. The van der Waals surface area contributed by atoms with Crippen molar-refractivity contribution in [2.75, 3.05) is 27.1 Å². The third-order valence-corrected chi connectivity index (χ3v) is 5.52. The first-order valence-electron chi connectivity index (χ1n) is 8.90. The van der Waals surface area contributed by atoms with E-state index in [0.717, 1.165) is 16.2 Å². The Balaban J connectivity index is 2.09. The molecule has 8 heteroatoms. The second-order valence-electron chi connectivity index (χ2n) is 6.34. The second-order valence-corrected chi connectivity index (χ2v) is 8.18. The van der Waals surface area contributed by atoms with Crippen molar-refractivity contribution in [2.45, 2.75) is 19.4 Å². The molecule has 0 fully saturated rings. The van der Waals surface area contributed by atoms with Crippen LogP contribution in [0.5, 0.6) is 17.2 Å². The summed E-state index contributed by atoms with van der Waals surface area (Å²) < 4.78 is 42.6. The first-order valence-corrected chi connectivity index (χ1v) is 10.7. The third kappa shape index (κ3) is 3.91. The summed E-state index contributed by atoms with van der Waals surface area (Å²) in [4.78, 5) is 0. The van der Waals surface area contributed by atoms with E-state index in [1.165, 1.54) is 0 Å². The molecule has 1 aliphatic rings. The number of hydrazone groups is 1. The maximum absolute atomic E-state index is 12.5. The lowest BCUT2D eigenvalue weighted by atomic mass is 9.97. The number of para-hydroxylation sites is 1. The zero-order valence-corrected chi connectivity index (χ0v) is 17.2. The fraction of sp³-hybridized carbons (Fsp3) is 0.350. The monoisotopic (exact) mass is 404 g/mol. The summed E-state index contributed by atoms with van der Waals surface area (Å²) in [6, 6.07) is 12.3. The van der Waals surface area contributed by atoms with Gasteiger partial charge in [0.1, 0.15) is 17.2 Å². The Morgan fingerprint density at radius 2 is 1.86 bits per heavy atom. The maximum atomic E-state index is 12.5. The molecule has 0 aromatic heterocycles. The minimum atomic E-state index is -3.59. The van der Waals surface area contributed by atoms with Gasteiger partial charge < -0.3 is 14.2 Å². The van der Waals surface area contributed by atoms with Crippen molar-refractivity contribution in [1.82, 2.24) is 4.41 Å². The van der Waals surface area contributed by atoms with Gasteiger partial charge in [0, 0.05) is 17.5 Å². The highest BCUT2D eigenvalue weighted by Crippen LogP contribution is 2.40. The summed E-state index contributed by atoms with van der Waals surface area (Å²) in [5, 5.41) is 4.44. The molecule has 150 valence electrons. The van der Waals surface area contributed by atoms with E-state index in [9.17, 15) is 8.42 Å². The Morgan fingerprint density at radius 3 is 2.50 bits per heavy atom. The smallest absolute Gasteiger partial charge is 0.247 e. The highest BCUT2D eigenvalue weighted by molar-refractivity contribution is 7.88. The molecule has 2 aromatic rings. The standard InChI is InChI=1S/C20H24N2O5S/c1-5-27-20-9-7-6-8-15(20)18-13-17(21-22(18)28(4,23)24)16-12-14(25-2)10-11-19(16)26-3/h6-12,18H,5,13H2,1-4H3. The lowest BCUT2D eigenvalue weighted by molar-refractivity contribution is 0.317. The molecule has 7 nitrogen and oxygen atoms in total. The number of sulfonamides is 1. The van der Waals surface area contributed by atoms with Crippen LogP contribution in [0.4, 0.5) is 0 Å². The molecule has 0 saturated heterocycles. The molecule has 0 N–H and O–H groups in total. The lowest BCUT2D eigenvalue weighted by Gasteiger charge is -2.23. The Bertz CT molecular complexity index is 988. The Hall–Kier alpha value is -2.74.